The van der Waals surface area contributed by atoms with E-state index in [4.69, 9.17) is 28.9 Å². The lowest BCUT2D eigenvalue weighted by Gasteiger charge is -2.44. The summed E-state index contributed by atoms with van der Waals surface area (Å²) >= 11 is 0. The number of ketones is 3. The van der Waals surface area contributed by atoms with Gasteiger partial charge in [0.05, 0.1) is 64.4 Å². The monoisotopic (exact) mass is 1340 g/mol. The van der Waals surface area contributed by atoms with Gasteiger partial charge in [-0.15, -0.1) is 0 Å². The average Bonchev–Trinajstić information content (AvgIpc) is 1.56. The molecule has 19 heteroatoms. The number of nitriles is 1. The maximum absolute atomic E-state index is 15.2. The van der Waals surface area contributed by atoms with E-state index in [1.807, 2.05) is 148 Å². The summed E-state index contributed by atoms with van der Waals surface area (Å²) in [5, 5.41) is 60.5. The first kappa shape index (κ1) is 72.9. The predicted octanol–water partition coefficient (Wildman–Crippen LogP) is 12.0. The molecule has 3 fully saturated rings. The number of piperidine rings is 1. The fraction of sp³-hybridized carbons (Fsp3) is 0.519. The highest BCUT2D eigenvalue weighted by Gasteiger charge is 2.54. The minimum Gasteiger partial charge on any atom is -0.460 e. The van der Waals surface area contributed by atoms with Gasteiger partial charge in [0.15, 0.2) is 5.78 Å². The van der Waals surface area contributed by atoms with E-state index < -0.39 is 101 Å². The van der Waals surface area contributed by atoms with Crippen LogP contribution in [0, 0.1) is 46.8 Å². The van der Waals surface area contributed by atoms with Gasteiger partial charge in [-0.3, -0.25) is 34.0 Å². The number of rotatable bonds is 9. The second kappa shape index (κ2) is 31.2. The fourth-order valence-corrected chi connectivity index (χ4v) is 15.3. The second-order valence-corrected chi connectivity index (χ2v) is 28.9. The highest BCUT2D eigenvalue weighted by molar-refractivity contribution is 6.39. The molecule has 2 bridgehead atoms. The number of esters is 1. The van der Waals surface area contributed by atoms with Gasteiger partial charge in [-0.1, -0.05) is 113 Å². The molecule has 3 aromatic carbocycles. The first-order valence-corrected chi connectivity index (χ1v) is 35.0. The molecule has 1 amide bonds. The number of para-hydroxylation sites is 1. The lowest BCUT2D eigenvalue weighted by Crippen LogP contribution is -2.61. The van der Waals surface area contributed by atoms with E-state index in [9.17, 15) is 40.1 Å². The molecule has 4 N–H and O–H groups in total. The number of nitrogens with zero attached hydrogens (tertiary/aromatic N) is 6. The predicted molar refractivity (Wildman–Crippen MR) is 376 cm³/mol. The number of aliphatic hydroxyl groups is 4. The van der Waals surface area contributed by atoms with Crippen LogP contribution in [0.4, 0.5) is 17.1 Å². The summed E-state index contributed by atoms with van der Waals surface area (Å²) in [4.78, 5) is 88.5. The normalized spacial score (nSPS) is 32.3. The van der Waals surface area contributed by atoms with E-state index >= 15 is 9.59 Å². The number of carbonyl (C=O) groups is 5. The van der Waals surface area contributed by atoms with Crippen molar-refractivity contribution in [2.24, 2.45) is 35.5 Å². The first-order valence-electron chi connectivity index (χ1n) is 35.0. The van der Waals surface area contributed by atoms with E-state index in [1.165, 1.54) is 12.0 Å². The number of Topliss-reactive ketones (excluding diaryl/α,β-unsaturated/α-hetero) is 3. The molecule has 5 aliphatic rings. The van der Waals surface area contributed by atoms with Crippen LogP contribution < -0.4 is 9.80 Å². The fourth-order valence-electron chi connectivity index (χ4n) is 15.3. The standard InChI is InChI=1S/C79H98N6O13/c1-46-19-13-12-14-20-47(2)64(85-65-44-82-62-32-26-54(56-39-55-21-15-16-22-61(55)81-43-56)40-60(62)70(65)84(77(85)93)58-29-27-57(28-30-58)78(8,9)45-80)41-59-31-24-52(7)79(94,98-59)74(90)75(91)83-34-18-17-23-63(83)76(92)97-68(49(4)37-53-25-33-66(86)69(38-53)95-10)42-67(87)48(3)36-51(6)72(89)73(96-11)71(88)50(5)35-46/h12-16,19-22,26-30,32,36,39-40,43-44,46,48-50,52-53,59,63-64,66,68-69,72-73,77,86,89,93-94H,17-18,23-25,31,33-35,37-38,41-42H2,1-11H3/b14-12+,19-13+,47-20-,51-36+/t46-,48-,49-,50-,52-,53-,59+,63?,64+,66-,68+,69-,72-,73+,77?,79-/m1/s1. The third-order valence-corrected chi connectivity index (χ3v) is 21.4. The zero-order chi connectivity index (χ0) is 70.5. The van der Waals surface area contributed by atoms with Gasteiger partial charge in [0, 0.05) is 73.2 Å². The van der Waals surface area contributed by atoms with Crippen LogP contribution in [-0.4, -0.2) is 146 Å². The van der Waals surface area contributed by atoms with E-state index in [0.717, 1.165) is 38.6 Å². The molecule has 16 atom stereocenters. The number of carbonyl (C=O) groups excluding carboxylic acids is 5. The van der Waals surface area contributed by atoms with Crippen LogP contribution in [0.1, 0.15) is 145 Å². The summed E-state index contributed by atoms with van der Waals surface area (Å²) in [6.45, 7) is 16.3. The number of hydrogen-bond donors (Lipinski definition) is 4. The molecule has 1 aliphatic carbocycles. The molecule has 10 rings (SSSR count). The van der Waals surface area contributed by atoms with Crippen LogP contribution in [0.15, 0.2) is 133 Å². The number of aromatic nitrogens is 2. The minimum atomic E-state index is -2.65. The first-order chi connectivity index (χ1) is 46.8. The van der Waals surface area contributed by atoms with Gasteiger partial charge in [0.1, 0.15) is 30.1 Å². The Morgan fingerprint density at radius 3 is 2.28 bits per heavy atom. The summed E-state index contributed by atoms with van der Waals surface area (Å²) < 4.78 is 24.4. The molecule has 522 valence electrons. The molecule has 19 nitrogen and oxygen atoms in total. The molecule has 0 spiro atoms. The Bertz CT molecular complexity index is 3910. The number of aliphatic hydroxyl groups excluding tert-OH is 3. The molecule has 4 aliphatic heterocycles. The number of hydrogen-bond acceptors (Lipinski definition) is 18. The quantitative estimate of drug-likeness (QED) is 0.0607. The number of pyridine rings is 2. The third kappa shape index (κ3) is 15.6. The second-order valence-electron chi connectivity index (χ2n) is 28.9. The van der Waals surface area contributed by atoms with E-state index in [0.29, 0.717) is 79.5 Å². The maximum atomic E-state index is 15.2. The zero-order valence-electron chi connectivity index (χ0n) is 58.5. The Hall–Kier alpha value is -7.80. The SMILES string of the molecule is CO[C@@H]1C[C@@H](C[C@@H](C)[C@@H]2CC(=O)[C@H](C)/C=C(\C)[C@@H](O)[C@@H](OC)C(=O)[C@H](C)C[C@H](C)/C=C/C=C/C=C(/C)[C@@H](N3c4cnc5ccc(-c6cnc7ccccc7c6)cc5c4N(c4ccc(C(C)(C)C#N)cc4)C3O)C[C@@H]3CC[C@@H](C)[C@@](O)(O3)C(=O)C(=O)N3CCCCC3C(=O)O2)CC[C@H]1O. The molecule has 2 unspecified atom stereocenters. The maximum Gasteiger partial charge on any atom is 0.329 e. The van der Waals surface area contributed by atoms with Gasteiger partial charge < -0.3 is 49.2 Å². The Labute approximate surface area is 576 Å². The summed E-state index contributed by atoms with van der Waals surface area (Å²) in [5.74, 6) is -9.03. The van der Waals surface area contributed by atoms with Crippen molar-refractivity contribution in [2.75, 3.05) is 30.6 Å². The number of fused-ring (bicyclic) bond motifs is 7. The van der Waals surface area contributed by atoms with E-state index in [2.05, 4.69) is 12.1 Å². The van der Waals surface area contributed by atoms with Crippen molar-refractivity contribution in [1.82, 2.24) is 14.9 Å². The summed E-state index contributed by atoms with van der Waals surface area (Å²) in [5.41, 5.74) is 6.14. The Balaban J connectivity index is 1.04. The summed E-state index contributed by atoms with van der Waals surface area (Å²) in [6, 6.07) is 23.9. The van der Waals surface area contributed by atoms with Crippen molar-refractivity contribution in [3.05, 3.63) is 138 Å². The van der Waals surface area contributed by atoms with E-state index in [-0.39, 0.29) is 61.7 Å². The molecule has 6 heterocycles. The molecular formula is C79H98N6O13. The third-order valence-electron chi connectivity index (χ3n) is 21.4. The lowest BCUT2D eigenvalue weighted by atomic mass is 9.78. The molecule has 0 radical (unpaired) electrons. The van der Waals surface area contributed by atoms with Crippen LogP contribution in [0.5, 0.6) is 0 Å². The highest BCUT2D eigenvalue weighted by atomic mass is 16.6. The highest BCUT2D eigenvalue weighted by Crippen LogP contribution is 2.51. The van der Waals surface area contributed by atoms with Crippen LogP contribution in [0.2, 0.25) is 0 Å². The molecule has 5 aromatic rings. The molecular weight excluding hydrogens is 1240 g/mol. The average molecular weight is 1340 g/mol. The molecule has 2 saturated heterocycles. The van der Waals surface area contributed by atoms with Crippen molar-refractivity contribution in [1.29, 1.82) is 5.26 Å². The molecule has 1 saturated carbocycles. The van der Waals surface area contributed by atoms with Crippen LogP contribution in [-0.2, 0) is 48.3 Å². The lowest BCUT2D eigenvalue weighted by molar-refractivity contribution is -0.264. The smallest absolute Gasteiger partial charge is 0.329 e. The van der Waals surface area contributed by atoms with Crippen molar-refractivity contribution >= 4 is 68.1 Å². The molecule has 2 aromatic heterocycles. The van der Waals surface area contributed by atoms with Gasteiger partial charge in [-0.2, -0.15) is 5.26 Å². The van der Waals surface area contributed by atoms with Gasteiger partial charge in [0.25, 0.3) is 11.7 Å². The number of allylic oxidation sites excluding steroid dienone is 6. The van der Waals surface area contributed by atoms with Crippen molar-refractivity contribution in [3.8, 4) is 17.2 Å². The number of cyclic esters (lactones) is 1. The van der Waals surface area contributed by atoms with Gasteiger partial charge in [0.2, 0.25) is 12.1 Å². The number of anilines is 3. The van der Waals surface area contributed by atoms with Crippen molar-refractivity contribution in [3.63, 3.8) is 0 Å². The minimum absolute atomic E-state index is 0.00593. The van der Waals surface area contributed by atoms with E-state index in [1.54, 1.807) is 47.1 Å². The zero-order valence-corrected chi connectivity index (χ0v) is 58.5. The Kier molecular flexibility index (Phi) is 23.2. The number of benzene rings is 3. The Morgan fingerprint density at radius 2 is 1.54 bits per heavy atom. The van der Waals surface area contributed by atoms with Gasteiger partial charge >= 0.3 is 5.97 Å². The van der Waals surface area contributed by atoms with Crippen LogP contribution in [0.25, 0.3) is 32.9 Å². The van der Waals surface area contributed by atoms with Crippen molar-refractivity contribution < 1.29 is 63.3 Å². The topological polar surface area (TPSA) is 262 Å². The summed E-state index contributed by atoms with van der Waals surface area (Å²) in [7, 11) is 2.93. The van der Waals surface area contributed by atoms with Crippen LogP contribution >= 0.6 is 0 Å². The van der Waals surface area contributed by atoms with Crippen molar-refractivity contribution in [2.45, 2.75) is 206 Å². The largest absolute Gasteiger partial charge is 0.460 e. The van der Waals surface area contributed by atoms with Gasteiger partial charge in [-0.05, 0) is 169 Å². The Morgan fingerprint density at radius 1 is 0.796 bits per heavy atom. The molecule has 98 heavy (non-hydrogen) atoms. The van der Waals surface area contributed by atoms with Gasteiger partial charge in [-0.25, -0.2) is 4.79 Å². The number of methoxy groups -OCH3 is 2. The van der Waals surface area contributed by atoms with Crippen LogP contribution in [0.3, 0.4) is 0 Å². The number of ether oxygens (including phenoxy) is 4. The summed E-state index contributed by atoms with van der Waals surface area (Å²) in [6.07, 6.45) is 12.1. The number of amides is 1.